The number of methoxy groups -OCH3 is 1. The van der Waals surface area contributed by atoms with Crippen molar-refractivity contribution in [2.75, 3.05) is 20.3 Å². The SMILES string of the molecule is CCOC(=O)C1=C(COC(=O)c2csc(-c3ncccn3)n2)NC(=O)NC1c1ccc(OC)cc1. The van der Waals surface area contributed by atoms with Gasteiger partial charge in [-0.25, -0.2) is 29.3 Å². The quantitative estimate of drug-likeness (QED) is 0.451. The van der Waals surface area contributed by atoms with Crippen molar-refractivity contribution in [2.45, 2.75) is 13.0 Å². The van der Waals surface area contributed by atoms with Gasteiger partial charge in [-0.3, -0.25) is 0 Å². The average Bonchev–Trinajstić information content (AvgIpc) is 3.38. The van der Waals surface area contributed by atoms with E-state index in [1.54, 1.807) is 49.6 Å². The molecule has 3 aromatic rings. The molecule has 1 aliphatic heterocycles. The number of nitrogens with zero attached hydrogens (tertiary/aromatic N) is 3. The lowest BCUT2D eigenvalue weighted by molar-refractivity contribution is -0.139. The normalized spacial score (nSPS) is 15.1. The minimum Gasteiger partial charge on any atom is -0.497 e. The Bertz CT molecular complexity index is 1260. The van der Waals surface area contributed by atoms with Crippen molar-refractivity contribution in [3.8, 4) is 16.6 Å². The number of hydrogen-bond donors (Lipinski definition) is 2. The van der Waals surface area contributed by atoms with Crippen molar-refractivity contribution in [2.24, 2.45) is 0 Å². The molecular formula is C23H21N5O6S. The number of carbonyl (C=O) groups excluding carboxylic acids is 3. The number of aromatic nitrogens is 3. The molecule has 0 saturated carbocycles. The van der Waals surface area contributed by atoms with E-state index in [-0.39, 0.29) is 30.2 Å². The molecule has 1 unspecified atom stereocenters. The lowest BCUT2D eigenvalue weighted by atomic mass is 9.95. The van der Waals surface area contributed by atoms with Gasteiger partial charge >= 0.3 is 18.0 Å². The summed E-state index contributed by atoms with van der Waals surface area (Å²) in [5.41, 5.74) is 0.923. The molecule has 2 aromatic heterocycles. The predicted molar refractivity (Wildman–Crippen MR) is 124 cm³/mol. The van der Waals surface area contributed by atoms with Gasteiger partial charge in [0.1, 0.15) is 12.4 Å². The second kappa shape index (κ2) is 10.7. The van der Waals surface area contributed by atoms with Crippen molar-refractivity contribution in [3.63, 3.8) is 0 Å². The highest BCUT2D eigenvalue weighted by Gasteiger charge is 2.34. The highest BCUT2D eigenvalue weighted by molar-refractivity contribution is 7.13. The molecule has 35 heavy (non-hydrogen) atoms. The van der Waals surface area contributed by atoms with Gasteiger partial charge in [0.15, 0.2) is 16.5 Å². The standard InChI is InChI=1S/C23H21N5O6S/c1-3-33-22(30)17-15(27-23(31)28-18(17)13-5-7-14(32-2)8-6-13)11-34-21(29)16-12-35-20(26-16)19-24-9-4-10-25-19/h4-10,12,18H,3,11H2,1-2H3,(H2,27,28,31). The number of amides is 2. The highest BCUT2D eigenvalue weighted by Crippen LogP contribution is 2.29. The summed E-state index contributed by atoms with van der Waals surface area (Å²) in [6.45, 7) is 1.43. The first-order valence-corrected chi connectivity index (χ1v) is 11.4. The van der Waals surface area contributed by atoms with Crippen LogP contribution in [-0.2, 0) is 14.3 Å². The molecule has 0 bridgehead atoms. The molecule has 1 aromatic carbocycles. The molecule has 3 heterocycles. The van der Waals surface area contributed by atoms with Gasteiger partial charge < -0.3 is 24.8 Å². The summed E-state index contributed by atoms with van der Waals surface area (Å²) >= 11 is 1.19. The van der Waals surface area contributed by atoms with Crippen molar-refractivity contribution in [1.82, 2.24) is 25.6 Å². The Hall–Kier alpha value is -4.32. The molecule has 2 amide bonds. The van der Waals surface area contributed by atoms with Crippen molar-refractivity contribution in [3.05, 3.63) is 70.6 Å². The Morgan fingerprint density at radius 2 is 1.83 bits per heavy atom. The van der Waals surface area contributed by atoms with Gasteiger partial charge in [-0.05, 0) is 30.7 Å². The number of nitrogens with one attached hydrogen (secondary N) is 2. The number of carbonyl (C=O) groups is 3. The minimum atomic E-state index is -0.816. The Labute approximate surface area is 204 Å². The van der Waals surface area contributed by atoms with E-state index in [0.717, 1.165) is 0 Å². The minimum absolute atomic E-state index is 0.0581. The number of hydrogen-bond acceptors (Lipinski definition) is 10. The van der Waals surface area contributed by atoms with Crippen molar-refractivity contribution >= 4 is 29.3 Å². The number of urea groups is 1. The van der Waals surface area contributed by atoms with Gasteiger partial charge in [0.25, 0.3) is 0 Å². The number of rotatable bonds is 8. The van der Waals surface area contributed by atoms with Gasteiger partial charge in [0.05, 0.1) is 31.0 Å². The van der Waals surface area contributed by atoms with Crippen LogP contribution >= 0.6 is 11.3 Å². The van der Waals surface area contributed by atoms with Gasteiger partial charge in [0, 0.05) is 17.8 Å². The Morgan fingerprint density at radius 3 is 2.51 bits per heavy atom. The zero-order chi connectivity index (χ0) is 24.8. The summed E-state index contributed by atoms with van der Waals surface area (Å²) in [6.07, 6.45) is 3.15. The summed E-state index contributed by atoms with van der Waals surface area (Å²) in [4.78, 5) is 50.3. The van der Waals surface area contributed by atoms with Gasteiger partial charge in [-0.2, -0.15) is 0 Å². The second-order valence-corrected chi connectivity index (χ2v) is 7.96. The van der Waals surface area contributed by atoms with Crippen LogP contribution in [0.5, 0.6) is 5.75 Å². The molecule has 0 aliphatic carbocycles. The molecule has 4 rings (SSSR count). The first-order chi connectivity index (χ1) is 17.0. The second-order valence-electron chi connectivity index (χ2n) is 7.10. The number of thiazole rings is 1. The summed E-state index contributed by atoms with van der Waals surface area (Å²) in [5.74, 6) is -0.373. The first kappa shape index (κ1) is 23.8. The van der Waals surface area contributed by atoms with E-state index in [1.807, 2.05) is 0 Å². The van der Waals surface area contributed by atoms with E-state index in [9.17, 15) is 14.4 Å². The Balaban J connectivity index is 1.58. The Kier molecular flexibility index (Phi) is 7.31. The van der Waals surface area contributed by atoms with Crippen LogP contribution in [0.25, 0.3) is 10.8 Å². The maximum Gasteiger partial charge on any atom is 0.358 e. The molecule has 0 fully saturated rings. The number of benzene rings is 1. The monoisotopic (exact) mass is 495 g/mol. The van der Waals surface area contributed by atoms with Crippen LogP contribution in [-0.4, -0.2) is 53.2 Å². The zero-order valence-corrected chi connectivity index (χ0v) is 19.6. The third-order valence-electron chi connectivity index (χ3n) is 4.92. The summed E-state index contributed by atoms with van der Waals surface area (Å²) < 4.78 is 15.8. The molecule has 11 nitrogen and oxygen atoms in total. The molecule has 1 atom stereocenters. The van der Waals surface area contributed by atoms with Crippen LogP contribution in [0, 0.1) is 0 Å². The van der Waals surface area contributed by atoms with Crippen LogP contribution in [0.4, 0.5) is 4.79 Å². The molecule has 180 valence electrons. The summed E-state index contributed by atoms with van der Waals surface area (Å²) in [7, 11) is 1.54. The fraction of sp³-hybridized carbons (Fsp3) is 0.217. The predicted octanol–water partition coefficient (Wildman–Crippen LogP) is 2.64. The van der Waals surface area contributed by atoms with Crippen LogP contribution in [0.3, 0.4) is 0 Å². The van der Waals surface area contributed by atoms with Crippen LogP contribution in [0.15, 0.2) is 59.4 Å². The van der Waals surface area contributed by atoms with E-state index in [0.29, 0.717) is 22.1 Å². The third-order valence-corrected chi connectivity index (χ3v) is 5.75. The summed E-state index contributed by atoms with van der Waals surface area (Å²) in [5, 5.41) is 7.25. The number of ether oxygens (including phenoxy) is 3. The molecule has 12 heteroatoms. The average molecular weight is 496 g/mol. The first-order valence-electron chi connectivity index (χ1n) is 10.5. The van der Waals surface area contributed by atoms with E-state index in [2.05, 4.69) is 25.6 Å². The Morgan fingerprint density at radius 1 is 1.09 bits per heavy atom. The fourth-order valence-electron chi connectivity index (χ4n) is 3.32. The number of esters is 2. The molecule has 0 saturated heterocycles. The zero-order valence-electron chi connectivity index (χ0n) is 18.8. The molecule has 1 aliphatic rings. The topological polar surface area (TPSA) is 142 Å². The smallest absolute Gasteiger partial charge is 0.358 e. The fourth-order valence-corrected chi connectivity index (χ4v) is 4.05. The molecule has 0 spiro atoms. The highest BCUT2D eigenvalue weighted by atomic mass is 32.1. The van der Waals surface area contributed by atoms with Gasteiger partial charge in [0.2, 0.25) is 0 Å². The maximum atomic E-state index is 12.8. The van der Waals surface area contributed by atoms with Gasteiger partial charge in [-0.1, -0.05) is 12.1 Å². The van der Waals surface area contributed by atoms with Crippen molar-refractivity contribution in [1.29, 1.82) is 0 Å². The molecule has 2 N–H and O–H groups in total. The van der Waals surface area contributed by atoms with E-state index < -0.39 is 24.0 Å². The van der Waals surface area contributed by atoms with Crippen LogP contribution in [0.2, 0.25) is 0 Å². The van der Waals surface area contributed by atoms with Gasteiger partial charge in [-0.15, -0.1) is 11.3 Å². The van der Waals surface area contributed by atoms with E-state index >= 15 is 0 Å². The molecule has 0 radical (unpaired) electrons. The third kappa shape index (κ3) is 5.44. The van der Waals surface area contributed by atoms with E-state index in [1.165, 1.54) is 23.8 Å². The van der Waals surface area contributed by atoms with E-state index in [4.69, 9.17) is 14.2 Å². The summed E-state index contributed by atoms with van der Waals surface area (Å²) in [6, 6.07) is 7.17. The van der Waals surface area contributed by atoms with Crippen molar-refractivity contribution < 1.29 is 28.6 Å². The van der Waals surface area contributed by atoms with Crippen LogP contribution in [0.1, 0.15) is 29.0 Å². The largest absolute Gasteiger partial charge is 0.497 e. The lowest BCUT2D eigenvalue weighted by Crippen LogP contribution is -2.47. The molecular weight excluding hydrogens is 474 g/mol. The maximum absolute atomic E-state index is 12.8. The lowest BCUT2D eigenvalue weighted by Gasteiger charge is -2.29. The van der Waals surface area contributed by atoms with Crippen LogP contribution < -0.4 is 15.4 Å².